The van der Waals surface area contributed by atoms with E-state index in [0.717, 1.165) is 34.3 Å². The Kier molecular flexibility index (Phi) is 5.74. The van der Waals surface area contributed by atoms with Crippen molar-refractivity contribution in [3.8, 4) is 0 Å². The Hall–Kier alpha value is -2.41. The highest BCUT2D eigenvalue weighted by atomic mass is 32.2. The molecular formula is C22H26N4O6S2. The second kappa shape index (κ2) is 8.36. The lowest BCUT2D eigenvalue weighted by molar-refractivity contribution is -0.128. The maximum Gasteiger partial charge on any atom is 0.338 e. The molecule has 0 radical (unpaired) electrons. The van der Waals surface area contributed by atoms with Crippen molar-refractivity contribution >= 4 is 38.2 Å². The maximum atomic E-state index is 13.3. The number of hydrogen-bond acceptors (Lipinski definition) is 10. The number of aliphatic hydroxyl groups is 1. The first-order chi connectivity index (χ1) is 16.1. The third kappa shape index (κ3) is 3.92. The van der Waals surface area contributed by atoms with Crippen LogP contribution in [0.4, 0.5) is 5.13 Å². The number of cyclic esters (lactones) is 1. The van der Waals surface area contributed by atoms with Gasteiger partial charge in [0.15, 0.2) is 0 Å². The number of aromatic nitrogens is 2. The van der Waals surface area contributed by atoms with Gasteiger partial charge in [0.25, 0.3) is 0 Å². The van der Waals surface area contributed by atoms with Crippen molar-refractivity contribution in [1.29, 1.82) is 0 Å². The highest BCUT2D eigenvalue weighted by Gasteiger charge is 2.49. The normalized spacial score (nSPS) is 21.2. The Balaban J connectivity index is 1.23. The molecule has 4 heterocycles. The molecule has 182 valence electrons. The van der Waals surface area contributed by atoms with Gasteiger partial charge in [0.05, 0.1) is 17.1 Å². The Morgan fingerprint density at radius 2 is 1.88 bits per heavy atom. The molecule has 10 nitrogen and oxygen atoms in total. The smallest absolute Gasteiger partial charge is 0.338 e. The van der Waals surface area contributed by atoms with Crippen LogP contribution in [0.25, 0.3) is 0 Å². The molecule has 0 aliphatic carbocycles. The fourth-order valence-electron chi connectivity index (χ4n) is 5.16. The molecule has 5 rings (SSSR count). The predicted molar refractivity (Wildman–Crippen MR) is 123 cm³/mol. The van der Waals surface area contributed by atoms with Crippen LogP contribution in [-0.4, -0.2) is 72.9 Å². The topological polar surface area (TPSA) is 130 Å². The van der Waals surface area contributed by atoms with Gasteiger partial charge in [-0.3, -0.25) is 9.69 Å². The molecule has 3 aliphatic heterocycles. The van der Waals surface area contributed by atoms with Crippen molar-refractivity contribution < 1.29 is 27.9 Å². The van der Waals surface area contributed by atoms with Crippen LogP contribution < -0.4 is 4.90 Å². The first-order valence-electron chi connectivity index (χ1n) is 11.1. The molecule has 1 amide bonds. The number of anilines is 1. The zero-order valence-corrected chi connectivity index (χ0v) is 20.6. The van der Waals surface area contributed by atoms with Crippen LogP contribution >= 0.6 is 11.3 Å². The van der Waals surface area contributed by atoms with Crippen LogP contribution in [0.3, 0.4) is 0 Å². The summed E-state index contributed by atoms with van der Waals surface area (Å²) >= 11 is 0.926. The van der Waals surface area contributed by atoms with Gasteiger partial charge in [-0.15, -0.1) is 10.2 Å². The molecule has 12 heteroatoms. The van der Waals surface area contributed by atoms with Crippen LogP contribution in [0.5, 0.6) is 0 Å². The summed E-state index contributed by atoms with van der Waals surface area (Å²) < 4.78 is 28.4. The summed E-state index contributed by atoms with van der Waals surface area (Å²) in [5, 5.41) is 18.9. The highest BCUT2D eigenvalue weighted by molar-refractivity contribution is 7.92. The molecule has 0 saturated carbocycles. The molecule has 34 heavy (non-hydrogen) atoms. The zero-order chi connectivity index (χ0) is 24.3. The molecule has 1 aromatic heterocycles. The van der Waals surface area contributed by atoms with Gasteiger partial charge in [0.1, 0.15) is 6.61 Å². The number of sulfone groups is 1. The number of piperidine rings is 1. The fraction of sp³-hybridized carbons (Fsp3) is 0.545. The number of carbonyl (C=O) groups excluding carboxylic acids is 2. The number of hydrogen-bond donors (Lipinski definition) is 1. The van der Waals surface area contributed by atoms with E-state index in [0.29, 0.717) is 56.1 Å². The summed E-state index contributed by atoms with van der Waals surface area (Å²) in [7, 11) is -3.46. The minimum atomic E-state index is -3.46. The van der Waals surface area contributed by atoms with E-state index >= 15 is 0 Å². The molecular weight excluding hydrogens is 480 g/mol. The molecule has 2 fully saturated rings. The number of aliphatic hydroxyl groups excluding tert-OH is 1. The average Bonchev–Trinajstić information content (AvgIpc) is 3.49. The van der Waals surface area contributed by atoms with Gasteiger partial charge >= 0.3 is 5.97 Å². The van der Waals surface area contributed by atoms with E-state index in [-0.39, 0.29) is 22.8 Å². The second-order valence-electron chi connectivity index (χ2n) is 9.31. The summed E-state index contributed by atoms with van der Waals surface area (Å²) in [6.07, 6.45) is 2.39. The fourth-order valence-corrected chi connectivity index (χ4v) is 6.79. The quantitative estimate of drug-likeness (QED) is 0.473. The van der Waals surface area contributed by atoms with Crippen LogP contribution in [0.15, 0.2) is 16.5 Å². The molecule has 2 saturated heterocycles. The number of ether oxygens (including phenoxy) is 1. The van der Waals surface area contributed by atoms with Gasteiger partial charge in [0.2, 0.25) is 25.2 Å². The van der Waals surface area contributed by atoms with Crippen LogP contribution in [0.2, 0.25) is 0 Å². The lowest BCUT2D eigenvalue weighted by atomic mass is 9.77. The highest BCUT2D eigenvalue weighted by Crippen LogP contribution is 2.44. The molecule has 1 aromatic carbocycles. The number of likely N-dealkylation sites (tertiary alicyclic amines) is 1. The number of fused-ring (bicyclic) bond motifs is 1. The molecule has 0 bridgehead atoms. The standard InChI is InChI=1S/C22H26N4O6S2/c1-13-14(3-4-15-16(13)12-32-18(15)28)17(27)11-25-8-5-22(6-9-25)7-10-26(19(22)29)20-23-24-21(33-20)34(2,30)31/h3-4,17,27H,5-12H2,1-2H3. The van der Waals surface area contributed by atoms with Gasteiger partial charge in [0, 0.05) is 24.9 Å². The summed E-state index contributed by atoms with van der Waals surface area (Å²) in [4.78, 5) is 28.8. The van der Waals surface area contributed by atoms with Crippen molar-refractivity contribution in [2.24, 2.45) is 5.41 Å². The van der Waals surface area contributed by atoms with Gasteiger partial charge in [-0.25, -0.2) is 13.2 Å². The number of esters is 1. The Labute approximate surface area is 201 Å². The first kappa shape index (κ1) is 23.3. The Bertz CT molecular complexity index is 1270. The van der Waals surface area contributed by atoms with Crippen LogP contribution in [0, 0.1) is 12.3 Å². The Morgan fingerprint density at radius 3 is 2.56 bits per heavy atom. The summed E-state index contributed by atoms with van der Waals surface area (Å²) in [5.41, 5.74) is 2.60. The second-order valence-corrected chi connectivity index (χ2v) is 12.5. The zero-order valence-electron chi connectivity index (χ0n) is 19.0. The van der Waals surface area contributed by atoms with Crippen molar-refractivity contribution in [2.45, 2.75) is 43.2 Å². The number of amides is 1. The minimum Gasteiger partial charge on any atom is -0.457 e. The number of rotatable bonds is 5. The average molecular weight is 507 g/mol. The van der Waals surface area contributed by atoms with E-state index in [9.17, 15) is 23.1 Å². The van der Waals surface area contributed by atoms with Crippen LogP contribution in [0.1, 0.15) is 52.4 Å². The monoisotopic (exact) mass is 506 g/mol. The lowest BCUT2D eigenvalue weighted by Gasteiger charge is -2.38. The third-order valence-corrected chi connectivity index (χ3v) is 9.88. The van der Waals surface area contributed by atoms with Crippen molar-refractivity contribution in [3.63, 3.8) is 0 Å². The largest absolute Gasteiger partial charge is 0.457 e. The molecule has 1 N–H and O–H groups in total. The van der Waals surface area contributed by atoms with E-state index in [1.165, 1.54) is 0 Å². The number of nitrogens with zero attached hydrogens (tertiary/aromatic N) is 4. The van der Waals surface area contributed by atoms with E-state index in [4.69, 9.17) is 4.74 Å². The van der Waals surface area contributed by atoms with Gasteiger partial charge in [-0.2, -0.15) is 0 Å². The minimum absolute atomic E-state index is 0.0250. The van der Waals surface area contributed by atoms with E-state index in [1.54, 1.807) is 17.0 Å². The number of carbonyl (C=O) groups is 2. The molecule has 1 atom stereocenters. The number of β-amino-alcohol motifs (C(OH)–C–C–N with tert-alkyl or cyclic N) is 1. The van der Waals surface area contributed by atoms with Crippen molar-refractivity contribution in [3.05, 3.63) is 34.4 Å². The van der Waals surface area contributed by atoms with Crippen molar-refractivity contribution in [2.75, 3.05) is 37.3 Å². The van der Waals surface area contributed by atoms with E-state index in [1.807, 2.05) is 6.92 Å². The lowest BCUT2D eigenvalue weighted by Crippen LogP contribution is -2.45. The first-order valence-corrected chi connectivity index (χ1v) is 13.9. The summed E-state index contributed by atoms with van der Waals surface area (Å²) in [6, 6.07) is 3.51. The van der Waals surface area contributed by atoms with E-state index in [2.05, 4.69) is 15.1 Å². The Morgan fingerprint density at radius 1 is 1.18 bits per heavy atom. The van der Waals surface area contributed by atoms with Crippen LogP contribution in [-0.2, 0) is 26.0 Å². The summed E-state index contributed by atoms with van der Waals surface area (Å²) in [6.45, 7) is 4.43. The molecule has 2 aromatic rings. The van der Waals surface area contributed by atoms with Crippen molar-refractivity contribution in [1.82, 2.24) is 15.1 Å². The van der Waals surface area contributed by atoms with E-state index < -0.39 is 21.4 Å². The third-order valence-electron chi connectivity index (χ3n) is 7.27. The molecule has 3 aliphatic rings. The predicted octanol–water partition coefficient (Wildman–Crippen LogP) is 1.47. The van der Waals surface area contributed by atoms with Gasteiger partial charge in [-0.1, -0.05) is 17.4 Å². The van der Waals surface area contributed by atoms with Gasteiger partial charge < -0.3 is 14.7 Å². The SMILES string of the molecule is Cc1c(C(O)CN2CCC3(CC2)CCN(c2nnc(S(C)(=O)=O)s2)C3=O)ccc2c1COC2=O. The number of benzene rings is 1. The molecule has 1 spiro atoms. The summed E-state index contributed by atoms with van der Waals surface area (Å²) in [5.74, 6) is -0.347. The molecule has 1 unspecified atom stereocenters. The maximum absolute atomic E-state index is 13.3. The van der Waals surface area contributed by atoms with Gasteiger partial charge in [-0.05, 0) is 56.5 Å².